The highest BCUT2D eigenvalue weighted by Crippen LogP contribution is 2.26. The number of aromatic amines is 1. The second kappa shape index (κ2) is 10.3. The van der Waals surface area contributed by atoms with E-state index in [-0.39, 0.29) is 34.8 Å². The second-order valence-corrected chi connectivity index (χ2v) is 9.75. The zero-order valence-electron chi connectivity index (χ0n) is 20.3. The van der Waals surface area contributed by atoms with E-state index < -0.39 is 28.8 Å². The van der Waals surface area contributed by atoms with Gasteiger partial charge in [-0.1, -0.05) is 31.4 Å². The van der Waals surface area contributed by atoms with Gasteiger partial charge in [0.2, 0.25) is 5.91 Å². The third-order valence-corrected chi connectivity index (χ3v) is 7.41. The van der Waals surface area contributed by atoms with E-state index >= 15 is 0 Å². The van der Waals surface area contributed by atoms with Crippen LogP contribution in [0, 0.1) is 17.6 Å². The van der Waals surface area contributed by atoms with Crippen molar-refractivity contribution in [1.29, 1.82) is 0 Å². The van der Waals surface area contributed by atoms with Crippen LogP contribution in [0.5, 0.6) is 0 Å². The molecule has 194 valence electrons. The first-order valence-electron chi connectivity index (χ1n) is 12.6. The maximum atomic E-state index is 14.7. The van der Waals surface area contributed by atoms with Crippen LogP contribution >= 0.6 is 0 Å². The summed E-state index contributed by atoms with van der Waals surface area (Å²) in [5.74, 6) is -1.74. The zero-order chi connectivity index (χ0) is 26.1. The lowest BCUT2D eigenvalue weighted by molar-refractivity contribution is -0.138. The number of hydrogen-bond donors (Lipinski definition) is 1. The fourth-order valence-electron chi connectivity index (χ4n) is 5.38. The molecular weight excluding hydrogens is 482 g/mol. The number of nitrogens with zero attached hydrogens (tertiary/aromatic N) is 3. The van der Waals surface area contributed by atoms with Crippen LogP contribution in [0.1, 0.15) is 48.0 Å². The number of halogens is 2. The molecule has 2 aromatic carbocycles. The highest BCUT2D eigenvalue weighted by atomic mass is 19.1. The van der Waals surface area contributed by atoms with Gasteiger partial charge in [0.25, 0.3) is 11.5 Å². The predicted octanol–water partition coefficient (Wildman–Crippen LogP) is 2.88. The summed E-state index contributed by atoms with van der Waals surface area (Å²) in [5, 5.41) is -0.249. The summed E-state index contributed by atoms with van der Waals surface area (Å²) in [6.45, 7) is 1.34. The van der Waals surface area contributed by atoms with Crippen molar-refractivity contribution in [3.63, 3.8) is 0 Å². The minimum atomic E-state index is -0.828. The van der Waals surface area contributed by atoms with Crippen molar-refractivity contribution in [2.75, 3.05) is 26.2 Å². The number of rotatable bonds is 4. The van der Waals surface area contributed by atoms with E-state index in [4.69, 9.17) is 0 Å². The fourth-order valence-corrected chi connectivity index (χ4v) is 5.38. The van der Waals surface area contributed by atoms with Crippen molar-refractivity contribution in [1.82, 2.24) is 19.4 Å². The molecule has 0 unspecified atom stereocenters. The molecule has 0 spiro atoms. The molecule has 0 bridgehead atoms. The van der Waals surface area contributed by atoms with Crippen molar-refractivity contribution >= 4 is 22.7 Å². The summed E-state index contributed by atoms with van der Waals surface area (Å²) < 4.78 is 30.1. The Bertz CT molecular complexity index is 1470. The van der Waals surface area contributed by atoms with Crippen LogP contribution in [0.15, 0.2) is 46.0 Å². The first-order chi connectivity index (χ1) is 17.8. The van der Waals surface area contributed by atoms with Crippen LogP contribution in [0.3, 0.4) is 0 Å². The Morgan fingerprint density at radius 2 is 1.59 bits per heavy atom. The maximum absolute atomic E-state index is 14.7. The van der Waals surface area contributed by atoms with Gasteiger partial charge >= 0.3 is 5.69 Å². The second-order valence-electron chi connectivity index (χ2n) is 9.75. The van der Waals surface area contributed by atoms with Gasteiger partial charge in [-0.25, -0.2) is 13.6 Å². The van der Waals surface area contributed by atoms with Crippen molar-refractivity contribution in [2.45, 2.75) is 38.6 Å². The van der Waals surface area contributed by atoms with Crippen LogP contribution in [-0.4, -0.2) is 57.3 Å². The number of nitrogens with one attached hydrogen (secondary N) is 1. The number of H-pyrrole nitrogens is 1. The van der Waals surface area contributed by atoms with Crippen molar-refractivity contribution in [3.8, 4) is 0 Å². The number of aromatic nitrogens is 2. The molecule has 0 radical (unpaired) electrons. The topological polar surface area (TPSA) is 95.5 Å². The number of carbonyl (C=O) groups is 2. The molecule has 1 saturated carbocycles. The molecule has 5 rings (SSSR count). The molecule has 37 heavy (non-hydrogen) atoms. The molecule has 1 aliphatic carbocycles. The lowest BCUT2D eigenvalue weighted by atomic mass is 9.88. The Kier molecular flexibility index (Phi) is 6.90. The quantitative estimate of drug-likeness (QED) is 0.584. The summed E-state index contributed by atoms with van der Waals surface area (Å²) in [5.41, 5.74) is -1.16. The van der Waals surface area contributed by atoms with E-state index in [1.54, 1.807) is 4.90 Å². The van der Waals surface area contributed by atoms with Crippen LogP contribution in [-0.2, 0) is 11.3 Å². The molecule has 1 aromatic heterocycles. The third-order valence-electron chi connectivity index (χ3n) is 7.41. The third kappa shape index (κ3) is 4.92. The highest BCUT2D eigenvalue weighted by molar-refractivity contribution is 5.95. The van der Waals surface area contributed by atoms with Crippen LogP contribution < -0.4 is 11.2 Å². The van der Waals surface area contributed by atoms with Gasteiger partial charge in [0, 0.05) is 32.1 Å². The molecule has 0 atom stereocenters. The molecule has 2 fully saturated rings. The standard InChI is InChI=1S/C27H28F2N4O4/c28-20-10-9-17(16-33-22-8-4-7-21(29)23(22)24(34)30-27(33)37)15-19(20)26(36)32-13-11-31(12-14-32)25(35)18-5-2-1-3-6-18/h4,7-10,15,18H,1-3,5-6,11-14,16H2,(H,30,34,37). The fraction of sp³-hybridized carbons (Fsp3) is 0.407. The number of fused-ring (bicyclic) bond motifs is 1. The SMILES string of the molecule is O=C(c1cc(Cn2c(=O)[nH]c(=O)c3c(F)cccc32)ccc1F)N1CCN(C(=O)C2CCCCC2)CC1. The molecule has 3 aromatic rings. The van der Waals surface area contributed by atoms with Crippen LogP contribution in [0.4, 0.5) is 8.78 Å². The van der Waals surface area contributed by atoms with Gasteiger partial charge in [-0.15, -0.1) is 0 Å². The predicted molar refractivity (Wildman–Crippen MR) is 133 cm³/mol. The highest BCUT2D eigenvalue weighted by Gasteiger charge is 2.30. The van der Waals surface area contributed by atoms with E-state index in [2.05, 4.69) is 4.98 Å². The molecular formula is C27H28F2N4O4. The van der Waals surface area contributed by atoms with Gasteiger partial charge in [-0.2, -0.15) is 0 Å². The first-order valence-corrected chi connectivity index (χ1v) is 12.6. The zero-order valence-corrected chi connectivity index (χ0v) is 20.3. The summed E-state index contributed by atoms with van der Waals surface area (Å²) in [6.07, 6.45) is 5.13. The molecule has 1 aliphatic heterocycles. The molecule has 2 aliphatic rings. The largest absolute Gasteiger partial charge is 0.339 e. The number of benzene rings is 2. The Hall–Kier alpha value is -3.82. The minimum absolute atomic E-state index is 0.0611. The van der Waals surface area contributed by atoms with Gasteiger partial charge in [-0.05, 0) is 42.7 Å². The molecule has 1 saturated heterocycles. The normalized spacial score (nSPS) is 16.8. The van der Waals surface area contributed by atoms with E-state index in [0.29, 0.717) is 31.7 Å². The maximum Gasteiger partial charge on any atom is 0.329 e. The molecule has 2 amide bonds. The van der Waals surface area contributed by atoms with Gasteiger partial charge in [0.15, 0.2) is 0 Å². The Morgan fingerprint density at radius 3 is 2.32 bits per heavy atom. The molecule has 2 heterocycles. The summed E-state index contributed by atoms with van der Waals surface area (Å²) >= 11 is 0. The number of hydrogen-bond acceptors (Lipinski definition) is 4. The van der Waals surface area contributed by atoms with Gasteiger partial charge in [-0.3, -0.25) is 23.9 Å². The van der Waals surface area contributed by atoms with E-state index in [0.717, 1.165) is 37.8 Å². The van der Waals surface area contributed by atoms with E-state index in [9.17, 15) is 28.0 Å². The van der Waals surface area contributed by atoms with Gasteiger partial charge < -0.3 is 9.80 Å². The Labute approximate surface area is 211 Å². The van der Waals surface area contributed by atoms with Crippen molar-refractivity contribution < 1.29 is 18.4 Å². The van der Waals surface area contributed by atoms with E-state index in [1.165, 1.54) is 40.2 Å². The summed E-state index contributed by atoms with van der Waals surface area (Å²) in [4.78, 5) is 56.1. The average molecular weight is 511 g/mol. The number of amides is 2. The van der Waals surface area contributed by atoms with E-state index in [1.807, 2.05) is 0 Å². The molecule has 1 N–H and O–H groups in total. The minimum Gasteiger partial charge on any atom is -0.339 e. The monoisotopic (exact) mass is 510 g/mol. The van der Waals surface area contributed by atoms with Crippen LogP contribution in [0.2, 0.25) is 0 Å². The number of carbonyl (C=O) groups excluding carboxylic acids is 2. The van der Waals surface area contributed by atoms with Crippen molar-refractivity contribution in [3.05, 3.63) is 80.0 Å². The van der Waals surface area contributed by atoms with Crippen molar-refractivity contribution in [2.24, 2.45) is 5.92 Å². The molecule has 10 heteroatoms. The first kappa shape index (κ1) is 24.9. The average Bonchev–Trinajstić information content (AvgIpc) is 2.91. The van der Waals surface area contributed by atoms with Gasteiger partial charge in [0.1, 0.15) is 11.6 Å². The van der Waals surface area contributed by atoms with Gasteiger partial charge in [0.05, 0.1) is 23.0 Å². The smallest absolute Gasteiger partial charge is 0.329 e. The Balaban J connectivity index is 1.33. The summed E-state index contributed by atoms with van der Waals surface area (Å²) in [7, 11) is 0. The van der Waals surface area contributed by atoms with Crippen LogP contribution in [0.25, 0.3) is 10.9 Å². The number of piperazine rings is 1. The lowest BCUT2D eigenvalue weighted by Gasteiger charge is -2.37. The lowest BCUT2D eigenvalue weighted by Crippen LogP contribution is -2.52. The summed E-state index contributed by atoms with van der Waals surface area (Å²) in [6, 6.07) is 7.95. The molecule has 8 nitrogen and oxygen atoms in total. The Morgan fingerprint density at radius 1 is 0.892 bits per heavy atom.